The largest absolute Gasteiger partial charge is 0.339 e. The van der Waals surface area contributed by atoms with Gasteiger partial charge in [-0.05, 0) is 54.7 Å². The average Bonchev–Trinajstić information content (AvgIpc) is 2.66. The monoisotopic (exact) mass is 459 g/mol. The zero-order valence-corrected chi connectivity index (χ0v) is 15.3. The van der Waals surface area contributed by atoms with Gasteiger partial charge in [0, 0.05) is 24.6 Å². The molecule has 1 fully saturated rings. The van der Waals surface area contributed by atoms with Gasteiger partial charge in [-0.1, -0.05) is 0 Å². The second-order valence-corrected chi connectivity index (χ2v) is 7.47. The lowest BCUT2D eigenvalue weighted by molar-refractivity contribution is -0.134. The van der Waals surface area contributed by atoms with Gasteiger partial charge >= 0.3 is 0 Å². The number of hydrogen-bond acceptors (Lipinski definition) is 3. The Bertz CT molecular complexity index is 459. The molecule has 1 aliphatic rings. The number of carbonyl (C=O) groups is 1. The fourth-order valence-electron chi connectivity index (χ4n) is 1.78. The van der Waals surface area contributed by atoms with Crippen LogP contribution in [-0.4, -0.2) is 45.2 Å². The predicted molar refractivity (Wildman–Crippen MR) is 83.9 cm³/mol. The first-order valence-electron chi connectivity index (χ1n) is 5.48. The summed E-state index contributed by atoms with van der Waals surface area (Å²) < 4.78 is 4.00. The van der Waals surface area contributed by atoms with Crippen molar-refractivity contribution in [2.45, 2.75) is 13.0 Å². The summed E-state index contributed by atoms with van der Waals surface area (Å²) in [7, 11) is 0. The molecule has 0 aliphatic carbocycles. The topological polar surface area (TPSA) is 38.1 Å². The van der Waals surface area contributed by atoms with Crippen LogP contribution in [-0.2, 0) is 4.79 Å². The lowest BCUT2D eigenvalue weighted by Crippen LogP contribution is -2.41. The molecule has 1 atom stereocenters. The van der Waals surface area contributed by atoms with Gasteiger partial charge in [0.05, 0.1) is 4.47 Å². The van der Waals surface area contributed by atoms with Crippen molar-refractivity contribution < 1.29 is 4.79 Å². The molecular formula is C10H12Br3N3OS. The Morgan fingerprint density at radius 2 is 1.94 bits per heavy atom. The van der Waals surface area contributed by atoms with Crippen LogP contribution in [0.25, 0.3) is 0 Å². The van der Waals surface area contributed by atoms with Crippen molar-refractivity contribution in [2.24, 2.45) is 0 Å². The molecule has 1 aliphatic heterocycles. The van der Waals surface area contributed by atoms with Gasteiger partial charge in [0.2, 0.25) is 5.91 Å². The van der Waals surface area contributed by atoms with Gasteiger partial charge in [-0.3, -0.25) is 4.79 Å². The Hall–Kier alpha value is 0.470. The van der Waals surface area contributed by atoms with Crippen molar-refractivity contribution in [1.29, 1.82) is 0 Å². The number of rotatable bonds is 2. The quantitative estimate of drug-likeness (QED) is 0.678. The molecule has 0 bridgehead atoms. The van der Waals surface area contributed by atoms with E-state index in [4.69, 9.17) is 0 Å². The highest BCUT2D eigenvalue weighted by atomic mass is 79.9. The zero-order chi connectivity index (χ0) is 13.3. The summed E-state index contributed by atoms with van der Waals surface area (Å²) in [6.45, 7) is 3.53. The number of amides is 1. The molecule has 0 saturated carbocycles. The van der Waals surface area contributed by atoms with E-state index in [9.17, 15) is 4.79 Å². The summed E-state index contributed by atoms with van der Waals surface area (Å²) in [6.07, 6.45) is 0. The van der Waals surface area contributed by atoms with Crippen molar-refractivity contribution in [3.63, 3.8) is 0 Å². The minimum Gasteiger partial charge on any atom is -0.339 e. The highest BCUT2D eigenvalue weighted by Gasteiger charge is 2.26. The van der Waals surface area contributed by atoms with Gasteiger partial charge in [0.1, 0.15) is 15.2 Å². The summed E-state index contributed by atoms with van der Waals surface area (Å²) >= 11 is 12.1. The molecule has 8 heteroatoms. The lowest BCUT2D eigenvalue weighted by atomic mass is 10.3. The highest BCUT2D eigenvalue weighted by Crippen LogP contribution is 2.32. The molecule has 1 aromatic heterocycles. The number of hydrogen-bond donors (Lipinski definition) is 0. The smallest absolute Gasteiger partial charge is 0.247 e. The third-order valence-electron chi connectivity index (χ3n) is 2.81. The van der Waals surface area contributed by atoms with E-state index in [1.54, 1.807) is 4.68 Å². The van der Waals surface area contributed by atoms with E-state index >= 15 is 0 Å². The van der Waals surface area contributed by atoms with Crippen LogP contribution in [0.5, 0.6) is 0 Å². The minimum atomic E-state index is -0.301. The molecule has 18 heavy (non-hydrogen) atoms. The van der Waals surface area contributed by atoms with E-state index < -0.39 is 0 Å². The lowest BCUT2D eigenvalue weighted by Gasteiger charge is -2.29. The second kappa shape index (κ2) is 6.28. The number of nitrogens with zero attached hydrogens (tertiary/aromatic N) is 3. The van der Waals surface area contributed by atoms with Crippen LogP contribution in [0.3, 0.4) is 0 Å². The van der Waals surface area contributed by atoms with Crippen molar-refractivity contribution >= 4 is 65.5 Å². The number of thioether (sulfide) groups is 1. The first-order chi connectivity index (χ1) is 8.52. The molecule has 2 heterocycles. The molecule has 1 amide bonds. The summed E-state index contributed by atoms with van der Waals surface area (Å²) in [4.78, 5) is 14.3. The molecule has 0 N–H and O–H groups in total. The normalized spacial score (nSPS) is 17.9. The fourth-order valence-corrected chi connectivity index (χ4v) is 4.14. The van der Waals surface area contributed by atoms with Crippen LogP contribution in [0.1, 0.15) is 13.0 Å². The van der Waals surface area contributed by atoms with Crippen LogP contribution in [0.2, 0.25) is 0 Å². The second-order valence-electron chi connectivity index (χ2n) is 3.95. The van der Waals surface area contributed by atoms with Crippen LogP contribution in [0.15, 0.2) is 13.7 Å². The SMILES string of the molecule is CC(C(=O)N1CCSCC1)n1nc(Br)c(Br)c1Br. The zero-order valence-electron chi connectivity index (χ0n) is 9.70. The Labute approximate surface area is 135 Å². The van der Waals surface area contributed by atoms with Gasteiger partial charge in [0.15, 0.2) is 0 Å². The van der Waals surface area contributed by atoms with E-state index in [1.165, 1.54) is 0 Å². The molecule has 100 valence electrons. The Morgan fingerprint density at radius 3 is 2.44 bits per heavy atom. The Kier molecular flexibility index (Phi) is 5.19. The standard InChI is InChI=1S/C10H12Br3N3OS/c1-6(10(17)15-2-4-18-5-3-15)16-9(13)7(11)8(12)14-16/h6H,2-5H2,1H3. The molecule has 1 saturated heterocycles. The molecule has 0 spiro atoms. The van der Waals surface area contributed by atoms with Crippen molar-refractivity contribution in [2.75, 3.05) is 24.6 Å². The van der Waals surface area contributed by atoms with Crippen molar-refractivity contribution in [3.8, 4) is 0 Å². The van der Waals surface area contributed by atoms with Crippen LogP contribution < -0.4 is 0 Å². The summed E-state index contributed by atoms with van der Waals surface area (Å²) in [6, 6.07) is -0.301. The first-order valence-corrected chi connectivity index (χ1v) is 9.01. The van der Waals surface area contributed by atoms with E-state index in [0.717, 1.165) is 33.7 Å². The Balaban J connectivity index is 2.17. The van der Waals surface area contributed by atoms with Gasteiger partial charge in [0.25, 0.3) is 0 Å². The predicted octanol–water partition coefficient (Wildman–Crippen LogP) is 3.31. The first kappa shape index (κ1) is 14.9. The highest BCUT2D eigenvalue weighted by molar-refractivity contribution is 9.14. The molecule has 4 nitrogen and oxygen atoms in total. The van der Waals surface area contributed by atoms with Gasteiger partial charge in [-0.2, -0.15) is 16.9 Å². The fraction of sp³-hybridized carbons (Fsp3) is 0.600. The molecule has 1 unspecified atom stereocenters. The summed E-state index contributed by atoms with van der Waals surface area (Å²) in [5, 5.41) is 4.31. The Morgan fingerprint density at radius 1 is 1.33 bits per heavy atom. The third-order valence-corrected chi connectivity index (χ3v) is 6.88. The minimum absolute atomic E-state index is 0.124. The summed E-state index contributed by atoms with van der Waals surface area (Å²) in [5.41, 5.74) is 0. The van der Waals surface area contributed by atoms with E-state index in [-0.39, 0.29) is 11.9 Å². The molecule has 2 rings (SSSR count). The number of aromatic nitrogens is 2. The molecule has 0 aromatic carbocycles. The van der Waals surface area contributed by atoms with Crippen LogP contribution in [0.4, 0.5) is 0 Å². The molecule has 0 radical (unpaired) electrons. The maximum Gasteiger partial charge on any atom is 0.247 e. The molecular weight excluding hydrogens is 450 g/mol. The average molecular weight is 462 g/mol. The summed E-state index contributed by atoms with van der Waals surface area (Å²) in [5.74, 6) is 2.16. The van der Waals surface area contributed by atoms with Gasteiger partial charge in [-0.25, -0.2) is 4.68 Å². The van der Waals surface area contributed by atoms with E-state index in [0.29, 0.717) is 4.60 Å². The maximum absolute atomic E-state index is 12.4. The van der Waals surface area contributed by atoms with Crippen LogP contribution in [0, 0.1) is 0 Å². The number of carbonyl (C=O) groups excluding carboxylic acids is 1. The van der Waals surface area contributed by atoms with Gasteiger partial charge < -0.3 is 4.90 Å². The van der Waals surface area contributed by atoms with Crippen molar-refractivity contribution in [1.82, 2.24) is 14.7 Å². The van der Waals surface area contributed by atoms with Crippen LogP contribution >= 0.6 is 59.6 Å². The number of halogens is 3. The third kappa shape index (κ3) is 2.96. The van der Waals surface area contributed by atoms with Crippen molar-refractivity contribution in [3.05, 3.63) is 13.7 Å². The molecule has 1 aromatic rings. The van der Waals surface area contributed by atoms with E-state index in [2.05, 4.69) is 52.9 Å². The maximum atomic E-state index is 12.4. The van der Waals surface area contributed by atoms with Gasteiger partial charge in [-0.15, -0.1) is 0 Å². The van der Waals surface area contributed by atoms with E-state index in [1.807, 2.05) is 23.6 Å².